The first kappa shape index (κ1) is 31.1. The zero-order chi connectivity index (χ0) is 35.2. The summed E-state index contributed by atoms with van der Waals surface area (Å²) < 4.78 is 6.71. The lowest BCUT2D eigenvalue weighted by molar-refractivity contribution is 0.672. The van der Waals surface area contributed by atoms with E-state index in [1.807, 2.05) is 0 Å². The van der Waals surface area contributed by atoms with Crippen molar-refractivity contribution in [3.05, 3.63) is 212 Å². The van der Waals surface area contributed by atoms with Crippen molar-refractivity contribution in [2.45, 2.75) is 0 Å². The van der Waals surface area contributed by atoms with Gasteiger partial charge < -0.3 is 9.32 Å². The Morgan fingerprint density at radius 3 is 1.49 bits per heavy atom. The lowest BCUT2D eigenvalue weighted by atomic mass is 10.0. The maximum Gasteiger partial charge on any atom is 0.179 e. The Labute approximate surface area is 309 Å². The van der Waals surface area contributed by atoms with Gasteiger partial charge in [-0.05, 0) is 61.9 Å². The van der Waals surface area contributed by atoms with E-state index in [2.05, 4.69) is 217 Å². The second-order valence-electron chi connectivity index (χ2n) is 13.6. The van der Waals surface area contributed by atoms with Gasteiger partial charge in [0.05, 0.1) is 16.8 Å². The Hall–Kier alpha value is -6.68. The lowest BCUT2D eigenvalue weighted by Crippen LogP contribution is -2.74. The van der Waals surface area contributed by atoms with E-state index in [1.165, 1.54) is 31.5 Å². The minimum absolute atomic E-state index is 0.887. The fraction of sp³-hybridized carbons (Fsp3) is 0. The molecular weight excluding hydrogens is 659 g/mol. The van der Waals surface area contributed by atoms with E-state index in [9.17, 15) is 0 Å². The van der Waals surface area contributed by atoms with Crippen molar-refractivity contribution in [3.63, 3.8) is 0 Å². The Bertz CT molecular complexity index is 2780. The van der Waals surface area contributed by atoms with Gasteiger partial charge in [-0.3, -0.25) is 0 Å². The summed E-state index contributed by atoms with van der Waals surface area (Å²) in [5, 5.41) is 12.3. The molecule has 3 heteroatoms. The molecule has 0 radical (unpaired) electrons. The number of nitrogens with zero attached hydrogens (tertiary/aromatic N) is 1. The van der Waals surface area contributed by atoms with Gasteiger partial charge in [0, 0.05) is 21.8 Å². The van der Waals surface area contributed by atoms with Gasteiger partial charge in [0.2, 0.25) is 0 Å². The molecule has 0 saturated heterocycles. The maximum absolute atomic E-state index is 6.71. The zero-order valence-electron chi connectivity index (χ0n) is 29.1. The summed E-state index contributed by atoms with van der Waals surface area (Å²) in [4.78, 5) is 2.44. The maximum atomic E-state index is 6.71. The summed E-state index contributed by atoms with van der Waals surface area (Å²) in [6.07, 6.45) is 0. The van der Waals surface area contributed by atoms with Crippen LogP contribution < -0.4 is 25.6 Å². The molecule has 0 fully saturated rings. The molecule has 0 amide bonds. The highest BCUT2D eigenvalue weighted by Gasteiger charge is 2.41. The first-order valence-corrected chi connectivity index (χ1v) is 20.2. The molecule has 0 aliphatic carbocycles. The summed E-state index contributed by atoms with van der Waals surface area (Å²) in [5.41, 5.74) is 5.09. The number of fused-ring (bicyclic) bond motifs is 6. The van der Waals surface area contributed by atoms with Crippen molar-refractivity contribution < 1.29 is 4.42 Å². The number of benzene rings is 9. The van der Waals surface area contributed by atoms with Crippen LogP contribution in [0.1, 0.15) is 0 Å². The van der Waals surface area contributed by atoms with Gasteiger partial charge in [0.1, 0.15) is 11.2 Å². The molecule has 0 aliphatic rings. The number of furan rings is 1. The van der Waals surface area contributed by atoms with Crippen LogP contribution in [0, 0.1) is 0 Å². The van der Waals surface area contributed by atoms with Gasteiger partial charge in [-0.15, -0.1) is 0 Å². The molecule has 9 aromatic carbocycles. The summed E-state index contributed by atoms with van der Waals surface area (Å²) >= 11 is 0. The summed E-state index contributed by atoms with van der Waals surface area (Å²) in [5.74, 6) is 0. The van der Waals surface area contributed by atoms with E-state index in [-0.39, 0.29) is 0 Å². The molecule has 0 unspecified atom stereocenters. The van der Waals surface area contributed by atoms with Gasteiger partial charge in [0.15, 0.2) is 8.07 Å². The molecule has 0 atom stereocenters. The number of hydrogen-bond donors (Lipinski definition) is 0. The number of anilines is 3. The van der Waals surface area contributed by atoms with Crippen LogP contribution in [0.3, 0.4) is 0 Å². The molecule has 250 valence electrons. The minimum atomic E-state index is -2.70. The first-order valence-electron chi connectivity index (χ1n) is 18.2. The van der Waals surface area contributed by atoms with E-state index in [0.29, 0.717) is 0 Å². The molecule has 0 N–H and O–H groups in total. The third kappa shape index (κ3) is 5.01. The molecule has 0 saturated carbocycles. The van der Waals surface area contributed by atoms with Crippen molar-refractivity contribution in [1.29, 1.82) is 0 Å². The molecule has 10 aromatic rings. The Morgan fingerprint density at radius 2 is 0.849 bits per heavy atom. The summed E-state index contributed by atoms with van der Waals surface area (Å²) in [6.45, 7) is 0. The predicted molar refractivity (Wildman–Crippen MR) is 227 cm³/mol. The molecule has 0 aliphatic heterocycles. The Kier molecular flexibility index (Phi) is 7.52. The van der Waals surface area contributed by atoms with E-state index in [4.69, 9.17) is 4.42 Å². The molecule has 53 heavy (non-hydrogen) atoms. The van der Waals surface area contributed by atoms with Crippen molar-refractivity contribution >= 4 is 89.4 Å². The SMILES string of the molecule is c1ccc([Si](c2ccccc2)(c2ccccc2)c2ccc(N(c3cccc4ccccc34)c3cc4ccccc4c4oc5ccccc5c34)cc2)cc1. The molecule has 1 aromatic heterocycles. The highest BCUT2D eigenvalue weighted by molar-refractivity contribution is 7.19. The lowest BCUT2D eigenvalue weighted by Gasteiger charge is -2.35. The standard InChI is InChI=1S/C50H35NOSi/c1-4-20-39(21-5-1)53(40-22-6-2-7-23-40,41-24-8-3-9-25-41)42-33-31-38(32-34-42)51(46-29-16-19-36-17-10-12-26-43(36)46)47-35-37-18-11-13-27-44(37)50-49(47)45-28-14-15-30-48(45)52-50/h1-35H. The largest absolute Gasteiger partial charge is 0.455 e. The minimum Gasteiger partial charge on any atom is -0.455 e. The van der Waals surface area contributed by atoms with Crippen LogP contribution in [0.2, 0.25) is 0 Å². The smallest absolute Gasteiger partial charge is 0.179 e. The zero-order valence-corrected chi connectivity index (χ0v) is 30.1. The third-order valence-electron chi connectivity index (χ3n) is 10.8. The predicted octanol–water partition coefficient (Wildman–Crippen LogP) is 10.7. The van der Waals surface area contributed by atoms with Crippen LogP contribution in [0.5, 0.6) is 0 Å². The van der Waals surface area contributed by atoms with Crippen LogP contribution in [0.15, 0.2) is 217 Å². The second kappa shape index (κ2) is 12.8. The van der Waals surface area contributed by atoms with Crippen molar-refractivity contribution in [2.24, 2.45) is 0 Å². The molecule has 2 nitrogen and oxygen atoms in total. The van der Waals surface area contributed by atoms with Gasteiger partial charge in [-0.1, -0.05) is 182 Å². The fourth-order valence-electron chi connectivity index (χ4n) is 8.45. The van der Waals surface area contributed by atoms with E-state index < -0.39 is 8.07 Å². The normalized spacial score (nSPS) is 11.8. The molecular formula is C50H35NOSi. The number of hydrogen-bond acceptors (Lipinski definition) is 2. The van der Waals surface area contributed by atoms with Gasteiger partial charge in [0.25, 0.3) is 0 Å². The fourth-order valence-corrected chi connectivity index (χ4v) is 13.2. The van der Waals surface area contributed by atoms with E-state index in [1.54, 1.807) is 0 Å². The first-order chi connectivity index (χ1) is 26.3. The van der Waals surface area contributed by atoms with E-state index >= 15 is 0 Å². The van der Waals surface area contributed by atoms with Gasteiger partial charge in [-0.2, -0.15) is 0 Å². The third-order valence-corrected chi connectivity index (χ3v) is 15.6. The summed E-state index contributed by atoms with van der Waals surface area (Å²) in [7, 11) is -2.70. The van der Waals surface area contributed by atoms with Crippen LogP contribution in [0.4, 0.5) is 17.1 Å². The quantitative estimate of drug-likeness (QED) is 0.122. The monoisotopic (exact) mass is 693 g/mol. The van der Waals surface area contributed by atoms with Crippen LogP contribution in [-0.2, 0) is 0 Å². The second-order valence-corrected chi connectivity index (χ2v) is 17.5. The van der Waals surface area contributed by atoms with Crippen molar-refractivity contribution in [1.82, 2.24) is 0 Å². The molecule has 0 bridgehead atoms. The number of rotatable bonds is 7. The average Bonchev–Trinajstić information content (AvgIpc) is 3.63. The van der Waals surface area contributed by atoms with E-state index in [0.717, 1.165) is 49.8 Å². The van der Waals surface area contributed by atoms with Gasteiger partial charge in [-0.25, -0.2) is 0 Å². The highest BCUT2D eigenvalue weighted by atomic mass is 28.3. The number of para-hydroxylation sites is 1. The van der Waals surface area contributed by atoms with Crippen molar-refractivity contribution in [3.8, 4) is 0 Å². The van der Waals surface area contributed by atoms with Crippen molar-refractivity contribution in [2.75, 3.05) is 4.90 Å². The molecule has 0 spiro atoms. The molecule has 1 heterocycles. The molecule has 10 rings (SSSR count). The van der Waals surface area contributed by atoms with Crippen LogP contribution >= 0.6 is 0 Å². The van der Waals surface area contributed by atoms with Gasteiger partial charge >= 0.3 is 0 Å². The average molecular weight is 694 g/mol. The van der Waals surface area contributed by atoms with Crippen LogP contribution in [0.25, 0.3) is 43.5 Å². The topological polar surface area (TPSA) is 16.4 Å². The summed E-state index contributed by atoms with van der Waals surface area (Å²) in [6, 6.07) is 77.4. The Balaban J connectivity index is 1.27. The Morgan fingerprint density at radius 1 is 0.358 bits per heavy atom. The highest BCUT2D eigenvalue weighted by Crippen LogP contribution is 2.47. The van der Waals surface area contributed by atoms with Crippen LogP contribution in [-0.4, -0.2) is 8.07 Å².